The number of nitrogens with two attached hydrogens (primary N) is 1. The molecule has 21 heavy (non-hydrogen) atoms. The summed E-state index contributed by atoms with van der Waals surface area (Å²) >= 11 is 0. The summed E-state index contributed by atoms with van der Waals surface area (Å²) in [5, 5.41) is 10.8. The Bertz CT molecular complexity index is 751. The fraction of sp³-hybridized carbons (Fsp3) is 0. The topological polar surface area (TPSA) is 98.7 Å². The van der Waals surface area contributed by atoms with Crippen molar-refractivity contribution < 1.29 is 4.79 Å². The smallest absolute Gasteiger partial charge is 0.276 e. The van der Waals surface area contributed by atoms with Crippen LogP contribution in [-0.2, 0) is 0 Å². The molecule has 1 aromatic carbocycles. The van der Waals surface area contributed by atoms with Gasteiger partial charge in [0.2, 0.25) is 0 Å². The quantitative estimate of drug-likeness (QED) is 0.757. The molecule has 2 heterocycles. The van der Waals surface area contributed by atoms with Crippen LogP contribution in [0, 0.1) is 0 Å². The van der Waals surface area contributed by atoms with Gasteiger partial charge < -0.3 is 11.1 Å². The molecule has 0 fully saturated rings. The molecule has 7 nitrogen and oxygen atoms in total. The zero-order valence-electron chi connectivity index (χ0n) is 11.0. The molecule has 3 N–H and O–H groups in total. The van der Waals surface area contributed by atoms with Crippen LogP contribution in [0.1, 0.15) is 10.5 Å². The largest absolute Gasteiger partial charge is 0.397 e. The maximum atomic E-state index is 12.1. The van der Waals surface area contributed by atoms with E-state index < -0.39 is 0 Å². The average Bonchev–Trinajstić information content (AvgIpc) is 3.02. The number of anilines is 2. The molecule has 0 saturated heterocycles. The standard InChI is InChI=1S/C14H12N6O/c15-12-2-1-7-16-13(12)14(21)19-10-3-5-11(6-4-10)20-17-8-9-18-20/h1-9H,15H2,(H,19,21). The molecule has 7 heteroatoms. The fourth-order valence-electron chi connectivity index (χ4n) is 1.82. The van der Waals surface area contributed by atoms with E-state index in [4.69, 9.17) is 5.73 Å². The monoisotopic (exact) mass is 280 g/mol. The minimum atomic E-state index is -0.349. The number of nitrogens with one attached hydrogen (secondary N) is 1. The van der Waals surface area contributed by atoms with Gasteiger partial charge in [0.1, 0.15) is 0 Å². The first-order chi connectivity index (χ1) is 10.2. The summed E-state index contributed by atoms with van der Waals surface area (Å²) in [6.07, 6.45) is 4.72. The van der Waals surface area contributed by atoms with Crippen LogP contribution in [0.4, 0.5) is 11.4 Å². The lowest BCUT2D eigenvalue weighted by Gasteiger charge is -2.07. The van der Waals surface area contributed by atoms with E-state index >= 15 is 0 Å². The van der Waals surface area contributed by atoms with Gasteiger partial charge in [-0.05, 0) is 36.4 Å². The van der Waals surface area contributed by atoms with Gasteiger partial charge in [-0.2, -0.15) is 15.0 Å². The lowest BCUT2D eigenvalue weighted by molar-refractivity contribution is 0.102. The zero-order chi connectivity index (χ0) is 14.7. The number of pyridine rings is 1. The Hall–Kier alpha value is -3.22. The van der Waals surface area contributed by atoms with Gasteiger partial charge in [-0.3, -0.25) is 4.79 Å². The molecule has 1 amide bonds. The lowest BCUT2D eigenvalue weighted by atomic mass is 10.2. The highest BCUT2D eigenvalue weighted by atomic mass is 16.1. The third-order valence-corrected chi connectivity index (χ3v) is 2.83. The van der Waals surface area contributed by atoms with Crippen LogP contribution >= 0.6 is 0 Å². The molecule has 0 saturated carbocycles. The van der Waals surface area contributed by atoms with Gasteiger partial charge in [0.25, 0.3) is 5.91 Å². The van der Waals surface area contributed by atoms with Gasteiger partial charge in [-0.25, -0.2) is 4.98 Å². The van der Waals surface area contributed by atoms with Crippen molar-refractivity contribution in [1.82, 2.24) is 20.0 Å². The van der Waals surface area contributed by atoms with Gasteiger partial charge in [0, 0.05) is 11.9 Å². The van der Waals surface area contributed by atoms with E-state index in [0.717, 1.165) is 5.69 Å². The molecule has 0 aliphatic heterocycles. The first kappa shape index (κ1) is 12.8. The SMILES string of the molecule is Nc1cccnc1C(=O)Nc1ccc(-n2nccn2)cc1. The molecule has 3 rings (SSSR count). The molecule has 104 valence electrons. The molecule has 3 aromatic rings. The molecule has 0 aliphatic rings. The second-order valence-electron chi connectivity index (χ2n) is 4.26. The van der Waals surface area contributed by atoms with E-state index in [2.05, 4.69) is 20.5 Å². The summed E-state index contributed by atoms with van der Waals surface area (Å²) in [6, 6.07) is 10.4. The predicted molar refractivity (Wildman–Crippen MR) is 78.0 cm³/mol. The lowest BCUT2D eigenvalue weighted by Crippen LogP contribution is -2.15. The average molecular weight is 280 g/mol. The van der Waals surface area contributed by atoms with Crippen LogP contribution in [0.15, 0.2) is 55.0 Å². The second-order valence-corrected chi connectivity index (χ2v) is 4.26. The number of amides is 1. The van der Waals surface area contributed by atoms with Gasteiger partial charge in [-0.1, -0.05) is 0 Å². The third-order valence-electron chi connectivity index (χ3n) is 2.83. The minimum Gasteiger partial charge on any atom is -0.397 e. The van der Waals surface area contributed by atoms with E-state index in [1.165, 1.54) is 11.0 Å². The van der Waals surface area contributed by atoms with Crippen LogP contribution in [0.3, 0.4) is 0 Å². The number of rotatable bonds is 3. The number of nitrogen functional groups attached to an aromatic ring is 1. The van der Waals surface area contributed by atoms with Crippen LogP contribution in [-0.4, -0.2) is 25.9 Å². The number of carbonyl (C=O) groups excluding carboxylic acids is 1. The highest BCUT2D eigenvalue weighted by molar-refractivity contribution is 6.06. The van der Waals surface area contributed by atoms with Gasteiger partial charge in [0.05, 0.1) is 23.8 Å². The van der Waals surface area contributed by atoms with Crippen molar-refractivity contribution in [2.24, 2.45) is 0 Å². The summed E-state index contributed by atoms with van der Waals surface area (Å²) in [7, 11) is 0. The molecule has 2 aromatic heterocycles. The van der Waals surface area contributed by atoms with Crippen molar-refractivity contribution >= 4 is 17.3 Å². The number of benzene rings is 1. The van der Waals surface area contributed by atoms with Gasteiger partial charge in [-0.15, -0.1) is 0 Å². The second kappa shape index (κ2) is 5.41. The van der Waals surface area contributed by atoms with Gasteiger partial charge >= 0.3 is 0 Å². The highest BCUT2D eigenvalue weighted by Crippen LogP contribution is 2.14. The normalized spacial score (nSPS) is 10.3. The Balaban J connectivity index is 1.77. The molecular weight excluding hydrogens is 268 g/mol. The van der Waals surface area contributed by atoms with Crippen molar-refractivity contribution in [3.63, 3.8) is 0 Å². The number of hydrogen-bond acceptors (Lipinski definition) is 5. The van der Waals surface area contributed by atoms with Crippen molar-refractivity contribution in [3.05, 3.63) is 60.7 Å². The van der Waals surface area contributed by atoms with E-state index in [0.29, 0.717) is 11.4 Å². The minimum absolute atomic E-state index is 0.204. The van der Waals surface area contributed by atoms with E-state index in [-0.39, 0.29) is 11.6 Å². The highest BCUT2D eigenvalue weighted by Gasteiger charge is 2.10. The van der Waals surface area contributed by atoms with E-state index in [9.17, 15) is 4.79 Å². The van der Waals surface area contributed by atoms with Gasteiger partial charge in [0.15, 0.2) is 5.69 Å². The Morgan fingerprint density at radius 3 is 2.43 bits per heavy atom. The third kappa shape index (κ3) is 2.71. The van der Waals surface area contributed by atoms with Crippen LogP contribution < -0.4 is 11.1 Å². The molecule has 0 bridgehead atoms. The summed E-state index contributed by atoms with van der Waals surface area (Å²) in [5.74, 6) is -0.349. The maximum Gasteiger partial charge on any atom is 0.276 e. The summed E-state index contributed by atoms with van der Waals surface area (Å²) in [5.41, 5.74) is 7.71. The predicted octanol–water partition coefficient (Wildman–Crippen LogP) is 1.50. The summed E-state index contributed by atoms with van der Waals surface area (Å²) in [6.45, 7) is 0. The first-order valence-corrected chi connectivity index (χ1v) is 6.22. The molecule has 0 atom stereocenters. The number of nitrogens with zero attached hydrogens (tertiary/aromatic N) is 4. The summed E-state index contributed by atoms with van der Waals surface area (Å²) < 4.78 is 0. The molecular formula is C14H12N6O. The zero-order valence-corrected chi connectivity index (χ0v) is 11.0. The van der Waals surface area contributed by atoms with Crippen molar-refractivity contribution in [2.75, 3.05) is 11.1 Å². The van der Waals surface area contributed by atoms with E-state index in [1.807, 2.05) is 0 Å². The fourth-order valence-corrected chi connectivity index (χ4v) is 1.82. The Labute approximate surface area is 120 Å². The first-order valence-electron chi connectivity index (χ1n) is 6.22. The number of carbonyl (C=O) groups is 1. The number of hydrogen-bond donors (Lipinski definition) is 2. The van der Waals surface area contributed by atoms with Crippen molar-refractivity contribution in [1.29, 1.82) is 0 Å². The van der Waals surface area contributed by atoms with Crippen LogP contribution in [0.25, 0.3) is 5.69 Å². The van der Waals surface area contributed by atoms with Crippen LogP contribution in [0.5, 0.6) is 0 Å². The molecule has 0 unspecified atom stereocenters. The van der Waals surface area contributed by atoms with Crippen molar-refractivity contribution in [2.45, 2.75) is 0 Å². The van der Waals surface area contributed by atoms with Crippen molar-refractivity contribution in [3.8, 4) is 5.69 Å². The Kier molecular flexibility index (Phi) is 3.30. The number of aromatic nitrogens is 4. The summed E-state index contributed by atoms with van der Waals surface area (Å²) in [4.78, 5) is 17.5. The maximum absolute atomic E-state index is 12.1. The Morgan fingerprint density at radius 1 is 1.05 bits per heavy atom. The molecule has 0 radical (unpaired) electrons. The Morgan fingerprint density at radius 2 is 1.76 bits per heavy atom. The molecule has 0 aliphatic carbocycles. The van der Waals surface area contributed by atoms with E-state index in [1.54, 1.807) is 48.8 Å². The van der Waals surface area contributed by atoms with Crippen LogP contribution in [0.2, 0.25) is 0 Å². The molecule has 0 spiro atoms.